The Morgan fingerprint density at radius 1 is 1.36 bits per heavy atom. The zero-order chi connectivity index (χ0) is 17.4. The van der Waals surface area contributed by atoms with Crippen molar-refractivity contribution < 1.29 is 23.1 Å². The minimum Gasteiger partial charge on any atom is -0.467 e. The first-order valence-electron chi connectivity index (χ1n) is 8.34. The molecule has 0 saturated carbocycles. The van der Waals surface area contributed by atoms with Gasteiger partial charge in [-0.2, -0.15) is 0 Å². The summed E-state index contributed by atoms with van der Waals surface area (Å²) in [6, 6.07) is 9.50. The van der Waals surface area contributed by atoms with Crippen molar-refractivity contribution >= 4 is 16.9 Å². The van der Waals surface area contributed by atoms with Gasteiger partial charge in [-0.25, -0.2) is 4.39 Å². The summed E-state index contributed by atoms with van der Waals surface area (Å²) in [5.74, 6) is -0.142. The largest absolute Gasteiger partial charge is 0.467 e. The second-order valence-electron chi connectivity index (χ2n) is 6.33. The zero-order valence-electron chi connectivity index (χ0n) is 13.5. The van der Waals surface area contributed by atoms with E-state index in [1.54, 1.807) is 35.2 Å². The average Bonchev–Trinajstić information content (AvgIpc) is 3.34. The third kappa shape index (κ3) is 2.93. The van der Waals surface area contributed by atoms with E-state index < -0.39 is 11.9 Å². The number of rotatable bonds is 4. The molecule has 6 heteroatoms. The Kier molecular flexibility index (Phi) is 4.05. The maximum absolute atomic E-state index is 13.8. The lowest BCUT2D eigenvalue weighted by Crippen LogP contribution is -2.36. The summed E-state index contributed by atoms with van der Waals surface area (Å²) in [6.07, 6.45) is 2.81. The monoisotopic (exact) mass is 343 g/mol. The molecule has 0 radical (unpaired) electrons. The van der Waals surface area contributed by atoms with Crippen LogP contribution in [0.1, 0.15) is 41.7 Å². The number of furan rings is 2. The van der Waals surface area contributed by atoms with E-state index in [-0.39, 0.29) is 23.3 Å². The molecule has 1 amide bonds. The van der Waals surface area contributed by atoms with Gasteiger partial charge in [0.05, 0.1) is 6.26 Å². The van der Waals surface area contributed by atoms with Crippen LogP contribution in [0.2, 0.25) is 0 Å². The summed E-state index contributed by atoms with van der Waals surface area (Å²) in [6.45, 7) is 0.591. The molecule has 0 aliphatic carbocycles. The van der Waals surface area contributed by atoms with Gasteiger partial charge in [0.15, 0.2) is 17.2 Å². The lowest BCUT2D eigenvalue weighted by atomic mass is 10.0. The fourth-order valence-electron chi connectivity index (χ4n) is 3.48. The summed E-state index contributed by atoms with van der Waals surface area (Å²) in [4.78, 5) is 14.5. The van der Waals surface area contributed by atoms with Crippen molar-refractivity contribution in [3.05, 3.63) is 60.0 Å². The van der Waals surface area contributed by atoms with Gasteiger partial charge < -0.3 is 18.8 Å². The molecule has 25 heavy (non-hydrogen) atoms. The van der Waals surface area contributed by atoms with Crippen molar-refractivity contribution in [1.29, 1.82) is 0 Å². The first-order valence-corrected chi connectivity index (χ1v) is 8.34. The van der Waals surface area contributed by atoms with Crippen LogP contribution in [0.25, 0.3) is 11.0 Å². The lowest BCUT2D eigenvalue weighted by Gasteiger charge is -2.25. The zero-order valence-corrected chi connectivity index (χ0v) is 13.5. The molecule has 2 unspecified atom stereocenters. The van der Waals surface area contributed by atoms with E-state index in [0.29, 0.717) is 24.1 Å². The van der Waals surface area contributed by atoms with Crippen LogP contribution in [-0.4, -0.2) is 28.5 Å². The van der Waals surface area contributed by atoms with E-state index in [1.807, 2.05) is 0 Å². The van der Waals surface area contributed by atoms with Gasteiger partial charge in [-0.1, -0.05) is 12.1 Å². The summed E-state index contributed by atoms with van der Waals surface area (Å²) in [5.41, 5.74) is 0.0946. The lowest BCUT2D eigenvalue weighted by molar-refractivity contribution is 0.0614. The number of carbonyl (C=O) groups excluding carboxylic acids is 1. The standard InChI is InChI=1S/C19H18FNO4/c20-14-6-1-4-12-10-17(25-18(12)14)19(23)21-8-2-5-13(21)11-15(22)16-7-3-9-24-16/h1,3-4,6-7,9-10,13,15,22H,2,5,8,11H2. The molecule has 1 N–H and O–H groups in total. The highest BCUT2D eigenvalue weighted by molar-refractivity contribution is 5.96. The highest BCUT2D eigenvalue weighted by Crippen LogP contribution is 2.30. The van der Waals surface area contributed by atoms with Crippen LogP contribution >= 0.6 is 0 Å². The number of benzene rings is 1. The molecule has 4 rings (SSSR count). The van der Waals surface area contributed by atoms with Crippen LogP contribution < -0.4 is 0 Å². The second kappa shape index (κ2) is 6.37. The number of aliphatic hydroxyl groups excluding tert-OH is 1. The fraction of sp³-hybridized carbons (Fsp3) is 0.316. The summed E-state index contributed by atoms with van der Waals surface area (Å²) in [7, 11) is 0. The predicted octanol–water partition coefficient (Wildman–Crippen LogP) is 3.89. The minimum absolute atomic E-state index is 0.0946. The maximum Gasteiger partial charge on any atom is 0.289 e. The molecular formula is C19H18FNO4. The molecule has 3 heterocycles. The van der Waals surface area contributed by atoms with E-state index in [1.165, 1.54) is 12.3 Å². The van der Waals surface area contributed by atoms with Gasteiger partial charge in [0.25, 0.3) is 5.91 Å². The Morgan fingerprint density at radius 3 is 3.00 bits per heavy atom. The molecule has 1 aliphatic rings. The number of hydrogen-bond acceptors (Lipinski definition) is 4. The number of fused-ring (bicyclic) bond motifs is 1. The highest BCUT2D eigenvalue weighted by atomic mass is 19.1. The topological polar surface area (TPSA) is 66.8 Å². The quantitative estimate of drug-likeness (QED) is 0.780. The van der Waals surface area contributed by atoms with E-state index in [0.717, 1.165) is 12.8 Å². The van der Waals surface area contributed by atoms with Gasteiger partial charge in [-0.15, -0.1) is 0 Å². The van der Waals surface area contributed by atoms with Crippen molar-refractivity contribution in [2.45, 2.75) is 31.4 Å². The molecule has 0 spiro atoms. The average molecular weight is 343 g/mol. The molecule has 1 aromatic carbocycles. The SMILES string of the molecule is O=C(c1cc2cccc(F)c2o1)N1CCCC1CC(O)c1ccco1. The molecule has 1 aliphatic heterocycles. The molecule has 1 fully saturated rings. The van der Waals surface area contributed by atoms with Crippen molar-refractivity contribution in [1.82, 2.24) is 4.90 Å². The summed E-state index contributed by atoms with van der Waals surface area (Å²) in [5, 5.41) is 10.9. The first-order chi connectivity index (χ1) is 12.1. The molecular weight excluding hydrogens is 325 g/mol. The van der Waals surface area contributed by atoms with Crippen LogP contribution in [0.15, 0.2) is 51.5 Å². The number of nitrogens with zero attached hydrogens (tertiary/aromatic N) is 1. The molecule has 2 aromatic heterocycles. The Morgan fingerprint density at radius 2 is 2.24 bits per heavy atom. The van der Waals surface area contributed by atoms with Crippen molar-refractivity contribution in [3.8, 4) is 0 Å². The van der Waals surface area contributed by atoms with Crippen molar-refractivity contribution in [2.75, 3.05) is 6.54 Å². The maximum atomic E-state index is 13.8. The first kappa shape index (κ1) is 15.9. The number of likely N-dealkylation sites (tertiary alicyclic amines) is 1. The molecule has 2 atom stereocenters. The van der Waals surface area contributed by atoms with Crippen LogP contribution in [-0.2, 0) is 0 Å². The minimum atomic E-state index is -0.762. The smallest absolute Gasteiger partial charge is 0.289 e. The normalized spacial score (nSPS) is 18.8. The van der Waals surface area contributed by atoms with Crippen LogP contribution in [0.3, 0.4) is 0 Å². The highest BCUT2D eigenvalue weighted by Gasteiger charge is 2.33. The Labute approximate surface area is 143 Å². The number of amides is 1. The summed E-state index contributed by atoms with van der Waals surface area (Å²) < 4.78 is 24.5. The third-order valence-corrected chi connectivity index (χ3v) is 4.71. The molecule has 130 valence electrons. The molecule has 0 bridgehead atoms. The number of para-hydroxylation sites is 1. The Bertz CT molecular complexity index is 886. The van der Waals surface area contributed by atoms with Gasteiger partial charge in [0.1, 0.15) is 11.9 Å². The van der Waals surface area contributed by atoms with Gasteiger partial charge in [0, 0.05) is 24.4 Å². The van der Waals surface area contributed by atoms with E-state index in [4.69, 9.17) is 8.83 Å². The third-order valence-electron chi connectivity index (χ3n) is 4.71. The van der Waals surface area contributed by atoms with Gasteiger partial charge >= 0.3 is 0 Å². The second-order valence-corrected chi connectivity index (χ2v) is 6.33. The van der Waals surface area contributed by atoms with Crippen molar-refractivity contribution in [3.63, 3.8) is 0 Å². The molecule has 3 aromatic rings. The van der Waals surface area contributed by atoms with Gasteiger partial charge in [-0.3, -0.25) is 4.79 Å². The van der Waals surface area contributed by atoms with E-state index in [2.05, 4.69) is 0 Å². The predicted molar refractivity (Wildman–Crippen MR) is 88.5 cm³/mol. The number of halogens is 1. The Hall–Kier alpha value is -2.60. The Balaban J connectivity index is 1.54. The molecule has 5 nitrogen and oxygen atoms in total. The van der Waals surface area contributed by atoms with Gasteiger partial charge in [-0.05, 0) is 37.1 Å². The van der Waals surface area contributed by atoms with Gasteiger partial charge in [0.2, 0.25) is 0 Å². The molecule has 1 saturated heterocycles. The van der Waals surface area contributed by atoms with E-state index >= 15 is 0 Å². The van der Waals surface area contributed by atoms with Crippen LogP contribution in [0.4, 0.5) is 4.39 Å². The number of carbonyl (C=O) groups is 1. The van der Waals surface area contributed by atoms with E-state index in [9.17, 15) is 14.3 Å². The number of aliphatic hydroxyl groups is 1. The van der Waals surface area contributed by atoms with Crippen molar-refractivity contribution in [2.24, 2.45) is 0 Å². The fourth-order valence-corrected chi connectivity index (χ4v) is 3.48. The summed E-state index contributed by atoms with van der Waals surface area (Å²) >= 11 is 0. The van der Waals surface area contributed by atoms with Crippen LogP contribution in [0.5, 0.6) is 0 Å². The van der Waals surface area contributed by atoms with Crippen LogP contribution in [0, 0.1) is 5.82 Å². The number of hydrogen-bond donors (Lipinski definition) is 1.